The molecule has 1 unspecified atom stereocenters. The number of hydrogen-bond acceptors (Lipinski definition) is 7. The number of ether oxygens (including phenoxy) is 2. The largest absolute Gasteiger partial charge is 0.462 e. The molecule has 20 heavy (non-hydrogen) atoms. The Morgan fingerprint density at radius 1 is 1.70 bits per heavy atom. The molecule has 1 saturated heterocycles. The number of morpholine rings is 1. The second kappa shape index (κ2) is 6.11. The molecule has 1 aromatic rings. The first-order valence-electron chi connectivity index (χ1n) is 6.44. The van der Waals surface area contributed by atoms with Gasteiger partial charge in [-0.3, -0.25) is 0 Å². The van der Waals surface area contributed by atoms with Gasteiger partial charge in [0.25, 0.3) is 0 Å². The van der Waals surface area contributed by atoms with Gasteiger partial charge in [0.2, 0.25) is 0 Å². The van der Waals surface area contributed by atoms with Crippen LogP contribution in [0.1, 0.15) is 29.1 Å². The van der Waals surface area contributed by atoms with E-state index in [1.807, 2.05) is 17.9 Å². The van der Waals surface area contributed by atoms with E-state index in [0.717, 1.165) is 0 Å². The molecule has 0 saturated carbocycles. The molecule has 0 amide bonds. The quantitative estimate of drug-likeness (QED) is 0.852. The fourth-order valence-corrected chi connectivity index (χ4v) is 3.18. The van der Waals surface area contributed by atoms with Crippen LogP contribution >= 0.6 is 11.3 Å². The van der Waals surface area contributed by atoms with Crippen molar-refractivity contribution in [3.8, 4) is 6.07 Å². The molecule has 6 nitrogen and oxygen atoms in total. The van der Waals surface area contributed by atoms with Crippen LogP contribution in [0.15, 0.2) is 0 Å². The number of nitriles is 1. The number of carbonyl (C=O) groups excluding carboxylic acids is 1. The lowest BCUT2D eigenvalue weighted by molar-refractivity contribution is 0.0504. The van der Waals surface area contributed by atoms with Gasteiger partial charge in [0.05, 0.1) is 25.0 Å². The highest BCUT2D eigenvalue weighted by Crippen LogP contribution is 2.39. The van der Waals surface area contributed by atoms with E-state index in [1.165, 1.54) is 11.3 Å². The van der Waals surface area contributed by atoms with E-state index in [9.17, 15) is 4.79 Å². The third-order valence-electron chi connectivity index (χ3n) is 3.04. The Morgan fingerprint density at radius 2 is 2.45 bits per heavy atom. The molecule has 1 atom stereocenters. The molecule has 0 aromatic carbocycles. The molecule has 2 rings (SSSR count). The SMILES string of the molecule is CCOC(=O)c1c(N2CCOC(C)C2)sc(C#N)c1N. The number of rotatable bonds is 3. The predicted molar refractivity (Wildman–Crippen MR) is 77.0 cm³/mol. The highest BCUT2D eigenvalue weighted by atomic mass is 32.1. The zero-order chi connectivity index (χ0) is 14.7. The summed E-state index contributed by atoms with van der Waals surface area (Å²) < 4.78 is 10.5. The van der Waals surface area contributed by atoms with Gasteiger partial charge in [-0.1, -0.05) is 0 Å². The van der Waals surface area contributed by atoms with Gasteiger partial charge in [-0.2, -0.15) is 5.26 Å². The van der Waals surface area contributed by atoms with E-state index in [1.54, 1.807) is 6.92 Å². The van der Waals surface area contributed by atoms with Crippen LogP contribution in [0, 0.1) is 11.3 Å². The minimum atomic E-state index is -0.475. The molecule has 0 bridgehead atoms. The van der Waals surface area contributed by atoms with Gasteiger partial charge in [0.15, 0.2) is 0 Å². The minimum Gasteiger partial charge on any atom is -0.462 e. The van der Waals surface area contributed by atoms with Crippen LogP contribution < -0.4 is 10.6 Å². The van der Waals surface area contributed by atoms with Gasteiger partial charge in [-0.05, 0) is 13.8 Å². The third kappa shape index (κ3) is 2.71. The fraction of sp³-hybridized carbons (Fsp3) is 0.538. The fourth-order valence-electron chi connectivity index (χ4n) is 2.14. The van der Waals surface area contributed by atoms with E-state index < -0.39 is 5.97 Å². The summed E-state index contributed by atoms with van der Waals surface area (Å²) in [5.74, 6) is -0.475. The average Bonchev–Trinajstić information content (AvgIpc) is 2.76. The molecule has 108 valence electrons. The van der Waals surface area contributed by atoms with Gasteiger partial charge in [0.1, 0.15) is 21.5 Å². The van der Waals surface area contributed by atoms with Crippen molar-refractivity contribution in [3.63, 3.8) is 0 Å². The number of thiophene rings is 1. The Bertz CT molecular complexity index is 550. The summed E-state index contributed by atoms with van der Waals surface area (Å²) in [5.41, 5.74) is 6.44. The molecular weight excluding hydrogens is 278 g/mol. The minimum absolute atomic E-state index is 0.0765. The molecule has 1 fully saturated rings. The lowest BCUT2D eigenvalue weighted by atomic mass is 10.2. The molecule has 0 aliphatic carbocycles. The van der Waals surface area contributed by atoms with Crippen LogP contribution in [-0.4, -0.2) is 38.4 Å². The molecule has 0 radical (unpaired) electrons. The zero-order valence-corrected chi connectivity index (χ0v) is 12.3. The lowest BCUT2D eigenvalue weighted by Gasteiger charge is -2.32. The van der Waals surface area contributed by atoms with Crippen molar-refractivity contribution in [1.82, 2.24) is 0 Å². The van der Waals surface area contributed by atoms with Crippen LogP contribution in [-0.2, 0) is 9.47 Å². The second-order valence-corrected chi connectivity index (χ2v) is 5.48. The lowest BCUT2D eigenvalue weighted by Crippen LogP contribution is -2.41. The number of esters is 1. The maximum atomic E-state index is 12.1. The molecule has 2 N–H and O–H groups in total. The molecular formula is C13H17N3O3S. The van der Waals surface area contributed by atoms with Crippen molar-refractivity contribution < 1.29 is 14.3 Å². The topological polar surface area (TPSA) is 88.6 Å². The second-order valence-electron chi connectivity index (χ2n) is 4.48. The molecule has 2 heterocycles. The Labute approximate surface area is 121 Å². The highest BCUT2D eigenvalue weighted by molar-refractivity contribution is 7.17. The Kier molecular flexibility index (Phi) is 4.47. The van der Waals surface area contributed by atoms with E-state index in [0.29, 0.717) is 35.1 Å². The average molecular weight is 295 g/mol. The van der Waals surface area contributed by atoms with E-state index in [4.69, 9.17) is 20.5 Å². The number of hydrogen-bond donors (Lipinski definition) is 1. The summed E-state index contributed by atoms with van der Waals surface area (Å²) in [4.78, 5) is 14.5. The van der Waals surface area contributed by atoms with Crippen molar-refractivity contribution in [2.45, 2.75) is 20.0 Å². The monoisotopic (exact) mass is 295 g/mol. The highest BCUT2D eigenvalue weighted by Gasteiger charge is 2.29. The molecule has 7 heteroatoms. The first-order chi connectivity index (χ1) is 9.58. The van der Waals surface area contributed by atoms with Gasteiger partial charge in [-0.25, -0.2) is 4.79 Å². The summed E-state index contributed by atoms with van der Waals surface area (Å²) in [6.45, 7) is 5.90. The van der Waals surface area contributed by atoms with Crippen molar-refractivity contribution in [3.05, 3.63) is 10.4 Å². The third-order valence-corrected chi connectivity index (χ3v) is 4.21. The zero-order valence-electron chi connectivity index (χ0n) is 11.5. The summed E-state index contributed by atoms with van der Waals surface area (Å²) in [6.07, 6.45) is 0.0765. The summed E-state index contributed by atoms with van der Waals surface area (Å²) in [7, 11) is 0. The van der Waals surface area contributed by atoms with Crippen LogP contribution in [0.4, 0.5) is 10.7 Å². The van der Waals surface area contributed by atoms with Gasteiger partial charge in [0, 0.05) is 13.1 Å². The molecule has 1 aliphatic rings. The first kappa shape index (κ1) is 14.6. The normalized spacial score (nSPS) is 18.6. The van der Waals surface area contributed by atoms with Crippen LogP contribution in [0.25, 0.3) is 0 Å². The Hall–Kier alpha value is -1.78. The van der Waals surface area contributed by atoms with E-state index >= 15 is 0 Å². The smallest absolute Gasteiger partial charge is 0.343 e. The first-order valence-corrected chi connectivity index (χ1v) is 7.26. The number of nitrogens with zero attached hydrogens (tertiary/aromatic N) is 2. The number of anilines is 2. The maximum Gasteiger partial charge on any atom is 0.343 e. The van der Waals surface area contributed by atoms with E-state index in [-0.39, 0.29) is 18.4 Å². The number of carbonyl (C=O) groups is 1. The Morgan fingerprint density at radius 3 is 3.05 bits per heavy atom. The molecule has 1 aliphatic heterocycles. The summed E-state index contributed by atoms with van der Waals surface area (Å²) >= 11 is 1.23. The maximum absolute atomic E-state index is 12.1. The van der Waals surface area contributed by atoms with Crippen molar-refractivity contribution in [2.75, 3.05) is 36.9 Å². The van der Waals surface area contributed by atoms with Crippen LogP contribution in [0.2, 0.25) is 0 Å². The van der Waals surface area contributed by atoms with E-state index in [2.05, 4.69) is 0 Å². The number of nitrogens with two attached hydrogens (primary N) is 1. The predicted octanol–water partition coefficient (Wildman–Crippen LogP) is 1.60. The molecule has 1 aromatic heterocycles. The summed E-state index contributed by atoms with van der Waals surface area (Å²) in [5, 5.41) is 9.80. The Balaban J connectivity index is 2.41. The number of nitrogen functional groups attached to an aromatic ring is 1. The van der Waals surface area contributed by atoms with Gasteiger partial charge >= 0.3 is 5.97 Å². The van der Waals surface area contributed by atoms with Crippen molar-refractivity contribution in [2.24, 2.45) is 0 Å². The van der Waals surface area contributed by atoms with Gasteiger partial charge in [-0.15, -0.1) is 11.3 Å². The summed E-state index contributed by atoms with van der Waals surface area (Å²) in [6, 6.07) is 2.03. The van der Waals surface area contributed by atoms with Crippen LogP contribution in [0.3, 0.4) is 0 Å². The standard InChI is InChI=1S/C13H17N3O3S/c1-3-18-13(17)10-11(15)9(6-14)20-12(10)16-4-5-19-8(2)7-16/h8H,3-5,7,15H2,1-2H3. The van der Waals surface area contributed by atoms with Crippen LogP contribution in [0.5, 0.6) is 0 Å². The van der Waals surface area contributed by atoms with Crippen molar-refractivity contribution >= 4 is 28.0 Å². The van der Waals surface area contributed by atoms with Crippen molar-refractivity contribution in [1.29, 1.82) is 5.26 Å². The molecule has 0 spiro atoms. The van der Waals surface area contributed by atoms with Gasteiger partial charge < -0.3 is 20.1 Å².